The molecule has 1 saturated carbocycles. The lowest BCUT2D eigenvalue weighted by molar-refractivity contribution is 0.222. The lowest BCUT2D eigenvalue weighted by atomic mass is 9.84. The smallest absolute Gasteiger partial charge is 0.176 e. The van der Waals surface area contributed by atoms with Gasteiger partial charge in [0, 0.05) is 26.1 Å². The van der Waals surface area contributed by atoms with Crippen LogP contribution in [-0.4, -0.2) is 40.0 Å². The second-order valence-electron chi connectivity index (χ2n) is 4.96. The number of fused-ring (bicyclic) bond motifs is 1. The Hall–Kier alpha value is -0.220. The Morgan fingerprint density at radius 1 is 1.00 bits per heavy atom. The van der Waals surface area contributed by atoms with Crippen LogP contribution in [0.4, 0.5) is 0 Å². The molecule has 0 aromatic carbocycles. The predicted molar refractivity (Wildman–Crippen MR) is 75.7 cm³/mol. The zero-order valence-corrected chi connectivity index (χ0v) is 11.7. The van der Waals surface area contributed by atoms with Gasteiger partial charge < -0.3 is 9.80 Å². The van der Waals surface area contributed by atoms with E-state index in [2.05, 4.69) is 11.9 Å². The van der Waals surface area contributed by atoms with E-state index in [-0.39, 0.29) is 0 Å². The summed E-state index contributed by atoms with van der Waals surface area (Å²) in [7, 11) is 4.13. The van der Waals surface area contributed by atoms with Crippen LogP contribution >= 0.6 is 24.4 Å². The highest BCUT2D eigenvalue weighted by atomic mass is 32.1. The van der Waals surface area contributed by atoms with Crippen molar-refractivity contribution in [3.05, 3.63) is 0 Å². The fourth-order valence-corrected chi connectivity index (χ4v) is 3.59. The quantitative estimate of drug-likeness (QED) is 0.615. The van der Waals surface area contributed by atoms with Crippen LogP contribution in [0.2, 0.25) is 0 Å². The third-order valence-electron chi connectivity index (χ3n) is 3.96. The van der Waals surface area contributed by atoms with Crippen molar-refractivity contribution in [2.24, 2.45) is 5.92 Å². The molecule has 1 heterocycles. The van der Waals surface area contributed by atoms with E-state index in [0.29, 0.717) is 12.0 Å². The van der Waals surface area contributed by atoms with Gasteiger partial charge in [-0.15, -0.1) is 0 Å². The Bertz CT molecular complexity index is 303. The monoisotopic (exact) mass is 256 g/mol. The standard InChI is InChI=1S/C12H20N2S2/c1-13-10-8-6-4-3-5-7-9(10)11(15)14(2)12(13)16/h9-10H,3-8H2,1-2H3. The van der Waals surface area contributed by atoms with Crippen molar-refractivity contribution in [2.45, 2.75) is 44.6 Å². The Balaban J connectivity index is 2.21. The molecule has 0 aromatic rings. The van der Waals surface area contributed by atoms with Crippen molar-refractivity contribution in [3.8, 4) is 0 Å². The topological polar surface area (TPSA) is 6.48 Å². The van der Waals surface area contributed by atoms with Gasteiger partial charge in [-0.1, -0.05) is 37.9 Å². The van der Waals surface area contributed by atoms with Crippen molar-refractivity contribution in [2.75, 3.05) is 14.1 Å². The van der Waals surface area contributed by atoms with Crippen molar-refractivity contribution < 1.29 is 0 Å². The first-order valence-corrected chi connectivity index (χ1v) is 6.99. The first-order chi connectivity index (χ1) is 7.63. The SMILES string of the molecule is CN1C(=S)C2CCCCCCC2N(C)C1=S. The van der Waals surface area contributed by atoms with Gasteiger partial charge in [0.15, 0.2) is 5.11 Å². The molecule has 0 spiro atoms. The van der Waals surface area contributed by atoms with E-state index >= 15 is 0 Å². The van der Waals surface area contributed by atoms with E-state index in [1.54, 1.807) is 0 Å². The molecular formula is C12H20N2S2. The molecule has 16 heavy (non-hydrogen) atoms. The molecule has 0 aromatic heterocycles. The molecule has 2 atom stereocenters. The van der Waals surface area contributed by atoms with Gasteiger partial charge in [-0.25, -0.2) is 0 Å². The molecular weight excluding hydrogens is 236 g/mol. The van der Waals surface area contributed by atoms with Crippen molar-refractivity contribution in [3.63, 3.8) is 0 Å². The van der Waals surface area contributed by atoms with Crippen LogP contribution in [0, 0.1) is 5.92 Å². The van der Waals surface area contributed by atoms with Crippen LogP contribution in [0.25, 0.3) is 0 Å². The molecule has 2 nitrogen and oxygen atoms in total. The van der Waals surface area contributed by atoms with Crippen LogP contribution in [0.3, 0.4) is 0 Å². The molecule has 1 aliphatic heterocycles. The average Bonchev–Trinajstić information content (AvgIpc) is 2.24. The second kappa shape index (κ2) is 4.96. The van der Waals surface area contributed by atoms with Crippen LogP contribution in [-0.2, 0) is 0 Å². The van der Waals surface area contributed by atoms with Crippen LogP contribution < -0.4 is 0 Å². The molecule has 2 rings (SSSR count). The molecule has 0 radical (unpaired) electrons. The third kappa shape index (κ3) is 2.09. The van der Waals surface area contributed by atoms with E-state index in [9.17, 15) is 0 Å². The van der Waals surface area contributed by atoms with Gasteiger partial charge in [-0.05, 0) is 25.1 Å². The average molecular weight is 256 g/mol. The maximum absolute atomic E-state index is 5.57. The molecule has 0 amide bonds. The molecule has 2 aliphatic rings. The number of thiocarbonyl (C=S) groups is 2. The van der Waals surface area contributed by atoms with Gasteiger partial charge in [0.1, 0.15) is 0 Å². The normalized spacial score (nSPS) is 32.1. The first kappa shape index (κ1) is 12.2. The summed E-state index contributed by atoms with van der Waals surface area (Å²) in [6.07, 6.45) is 7.85. The lowest BCUT2D eigenvalue weighted by Gasteiger charge is -2.46. The van der Waals surface area contributed by atoms with Gasteiger partial charge in [0.05, 0.1) is 4.99 Å². The summed E-state index contributed by atoms with van der Waals surface area (Å²) in [6.45, 7) is 0. The first-order valence-electron chi connectivity index (χ1n) is 6.17. The van der Waals surface area contributed by atoms with Gasteiger partial charge >= 0.3 is 0 Å². The maximum atomic E-state index is 5.57. The summed E-state index contributed by atoms with van der Waals surface area (Å²) in [6, 6.07) is 0.552. The zero-order chi connectivity index (χ0) is 11.7. The molecule has 1 aliphatic carbocycles. The van der Waals surface area contributed by atoms with E-state index in [4.69, 9.17) is 24.4 Å². The summed E-state index contributed by atoms with van der Waals surface area (Å²) < 4.78 is 0. The predicted octanol–water partition coefficient (Wildman–Crippen LogP) is 2.81. The number of nitrogens with zero attached hydrogens (tertiary/aromatic N) is 2. The second-order valence-corrected chi connectivity index (χ2v) is 5.74. The molecule has 90 valence electrons. The fourth-order valence-electron chi connectivity index (χ4n) is 2.94. The highest BCUT2D eigenvalue weighted by Crippen LogP contribution is 2.32. The number of hydrogen-bond donors (Lipinski definition) is 0. The van der Waals surface area contributed by atoms with Crippen LogP contribution in [0.15, 0.2) is 0 Å². The fraction of sp³-hybridized carbons (Fsp3) is 0.833. The summed E-state index contributed by atoms with van der Waals surface area (Å²) in [5.74, 6) is 0.539. The van der Waals surface area contributed by atoms with Crippen molar-refractivity contribution >= 4 is 34.5 Å². The van der Waals surface area contributed by atoms with Gasteiger partial charge in [-0.3, -0.25) is 0 Å². The highest BCUT2D eigenvalue weighted by Gasteiger charge is 2.38. The van der Waals surface area contributed by atoms with Crippen LogP contribution in [0.1, 0.15) is 38.5 Å². The molecule has 1 saturated heterocycles. The lowest BCUT2D eigenvalue weighted by Crippen LogP contribution is -2.58. The van der Waals surface area contributed by atoms with E-state index in [1.165, 1.54) is 38.5 Å². The maximum Gasteiger partial charge on any atom is 0.176 e. The molecule has 2 fully saturated rings. The minimum atomic E-state index is 0.539. The Labute approximate surface area is 109 Å². The van der Waals surface area contributed by atoms with E-state index < -0.39 is 0 Å². The minimum absolute atomic E-state index is 0.539. The number of hydrogen-bond acceptors (Lipinski definition) is 2. The van der Waals surface area contributed by atoms with Crippen molar-refractivity contribution in [1.29, 1.82) is 0 Å². The Morgan fingerprint density at radius 2 is 1.62 bits per heavy atom. The highest BCUT2D eigenvalue weighted by molar-refractivity contribution is 7.81. The van der Waals surface area contributed by atoms with Crippen LogP contribution in [0.5, 0.6) is 0 Å². The zero-order valence-electron chi connectivity index (χ0n) is 10.1. The van der Waals surface area contributed by atoms with E-state index in [1.807, 2.05) is 11.9 Å². The van der Waals surface area contributed by atoms with Gasteiger partial charge in [0.25, 0.3) is 0 Å². The summed E-state index contributed by atoms with van der Waals surface area (Å²) >= 11 is 11.0. The number of rotatable bonds is 0. The van der Waals surface area contributed by atoms with Gasteiger partial charge in [0.2, 0.25) is 0 Å². The Kier molecular flexibility index (Phi) is 3.80. The van der Waals surface area contributed by atoms with Crippen molar-refractivity contribution in [1.82, 2.24) is 9.80 Å². The molecule has 4 heteroatoms. The minimum Gasteiger partial charge on any atom is -0.348 e. The summed E-state index contributed by atoms with van der Waals surface area (Å²) in [5.41, 5.74) is 0. The summed E-state index contributed by atoms with van der Waals surface area (Å²) in [5, 5.41) is 0.895. The third-order valence-corrected chi connectivity index (χ3v) is 5.10. The largest absolute Gasteiger partial charge is 0.348 e. The molecule has 0 bridgehead atoms. The Morgan fingerprint density at radius 3 is 2.31 bits per heavy atom. The summed E-state index contributed by atoms with van der Waals surface area (Å²) in [4.78, 5) is 5.35. The van der Waals surface area contributed by atoms with E-state index in [0.717, 1.165) is 10.1 Å². The molecule has 0 N–H and O–H groups in total. The van der Waals surface area contributed by atoms with Gasteiger partial charge in [-0.2, -0.15) is 0 Å². The molecule has 2 unspecified atom stereocenters.